The van der Waals surface area contributed by atoms with Crippen LogP contribution in [0.5, 0.6) is 0 Å². The third-order valence-electron chi connectivity index (χ3n) is 1.17. The second-order valence-corrected chi connectivity index (χ2v) is 5.79. The molecule has 0 aromatic rings. The molecule has 0 amide bonds. The van der Waals surface area contributed by atoms with E-state index < -0.39 is 34.4 Å². The Morgan fingerprint density at radius 2 is 1.50 bits per heavy atom. The largest absolute Gasteiger partial charge is 1.00 e. The summed E-state index contributed by atoms with van der Waals surface area (Å²) < 4.78 is 20.8. The zero-order chi connectivity index (χ0) is 11.4. The van der Waals surface area contributed by atoms with Gasteiger partial charge < -0.3 is 29.2 Å². The first-order chi connectivity index (χ1) is 6.14. The maximum Gasteiger partial charge on any atom is 1.00 e. The molecule has 0 aliphatic rings. The molecule has 16 heavy (non-hydrogen) atoms. The van der Waals surface area contributed by atoms with Crippen LogP contribution >= 0.6 is 15.2 Å². The van der Waals surface area contributed by atoms with Crippen LogP contribution in [0.15, 0.2) is 0 Å². The molecule has 12 heteroatoms. The van der Waals surface area contributed by atoms with Crippen LogP contribution in [0.25, 0.3) is 0 Å². The maximum atomic E-state index is 10.5. The Hall–Kier alpha value is 3.49. The van der Waals surface area contributed by atoms with Gasteiger partial charge in [0.2, 0.25) is 0 Å². The zero-order valence-corrected chi connectivity index (χ0v) is 17.2. The Labute approximate surface area is 178 Å². The van der Waals surface area contributed by atoms with Gasteiger partial charge >= 0.3 is 110 Å². The van der Waals surface area contributed by atoms with Crippen LogP contribution in [0.4, 0.5) is 0 Å². The van der Waals surface area contributed by atoms with Crippen molar-refractivity contribution in [2.45, 2.75) is 0 Å². The van der Waals surface area contributed by atoms with Gasteiger partial charge in [0.05, 0.1) is 6.61 Å². The summed E-state index contributed by atoms with van der Waals surface area (Å²) in [6, 6.07) is 0. The minimum atomic E-state index is -4.87. The van der Waals surface area contributed by atoms with Gasteiger partial charge in [0, 0.05) is 12.8 Å². The quantitative estimate of drug-likeness (QED) is 0.322. The Morgan fingerprint density at radius 1 is 1.06 bits per heavy atom. The molecule has 0 heterocycles. The van der Waals surface area contributed by atoms with Gasteiger partial charge in [-0.25, -0.2) is 0 Å². The molecule has 0 aliphatic carbocycles. The fourth-order valence-corrected chi connectivity index (χ4v) is 2.48. The van der Waals surface area contributed by atoms with Crippen molar-refractivity contribution in [3.05, 3.63) is 0 Å². The normalized spacial score (nSPS) is 11.9. The molecule has 0 aromatic heterocycles. The summed E-state index contributed by atoms with van der Waals surface area (Å²) in [5.41, 5.74) is 0. The van der Waals surface area contributed by atoms with Gasteiger partial charge in [-0.2, -0.15) is 0 Å². The van der Waals surface area contributed by atoms with Gasteiger partial charge in [-0.1, -0.05) is 7.60 Å². The topological polar surface area (TPSA) is 144 Å². The Balaban J connectivity index is -0.000000845. The zero-order valence-electron chi connectivity index (χ0n) is 9.14. The number of aliphatic hydroxyl groups excluding tert-OH is 1. The van der Waals surface area contributed by atoms with E-state index in [9.17, 15) is 18.9 Å². The van der Waals surface area contributed by atoms with Gasteiger partial charge in [-0.3, -0.25) is 9.46 Å². The van der Waals surface area contributed by atoms with Crippen LogP contribution in [0.3, 0.4) is 0 Å². The summed E-state index contributed by atoms with van der Waals surface area (Å²) in [7, 11) is -9.29. The molecule has 3 N–H and O–H groups in total. The number of hydrogen-bond acceptors (Lipinski definition) is 6. The molecular weight excluding hydrogens is 314 g/mol. The van der Waals surface area contributed by atoms with Crippen molar-refractivity contribution in [1.29, 1.82) is 0 Å². The van der Waals surface area contributed by atoms with E-state index in [0.717, 1.165) is 0 Å². The van der Waals surface area contributed by atoms with Gasteiger partial charge in [0.15, 0.2) is 0 Å². The summed E-state index contributed by atoms with van der Waals surface area (Å²) in [5, 5.41) is 8.44. The Bertz CT molecular complexity index is 241. The van der Waals surface area contributed by atoms with Gasteiger partial charge in [-0.05, 0) is 0 Å². The molecule has 0 saturated carbocycles. The monoisotopic (exact) mass is 325 g/mol. The average molecular weight is 325 g/mol. The van der Waals surface area contributed by atoms with E-state index in [-0.39, 0.29) is 109 Å². The molecule has 0 fully saturated rings. The molecule has 0 aromatic carbocycles. The first-order valence-corrected chi connectivity index (χ1v) is 7.05. The summed E-state index contributed by atoms with van der Waals surface area (Å²) in [5.74, 6) is 0. The van der Waals surface area contributed by atoms with Crippen molar-refractivity contribution in [1.82, 2.24) is 4.90 Å². The fraction of sp³-hybridized carbons (Fsp3) is 1.00. The molecule has 0 aliphatic heterocycles. The van der Waals surface area contributed by atoms with Crippen LogP contribution in [0.2, 0.25) is 0 Å². The summed E-state index contributed by atoms with van der Waals surface area (Å²) in [4.78, 5) is 38.3. The number of rotatable bonds is 6. The smallest absolute Gasteiger partial charge is 0.810 e. The molecule has 8 nitrogen and oxygen atoms in total. The summed E-state index contributed by atoms with van der Waals surface area (Å²) in [6.07, 6.45) is -1.86. The predicted molar refractivity (Wildman–Crippen MR) is 43.2 cm³/mol. The molecule has 0 unspecified atom stereocenters. The van der Waals surface area contributed by atoms with E-state index in [0.29, 0.717) is 4.90 Å². The van der Waals surface area contributed by atoms with Crippen LogP contribution in [0, 0.1) is 0 Å². The van der Waals surface area contributed by atoms with E-state index in [1.165, 1.54) is 0 Å². The summed E-state index contributed by atoms with van der Waals surface area (Å²) in [6.45, 7) is -0.764. The number of aliphatic hydroxyl groups is 1. The second-order valence-electron chi connectivity index (χ2n) is 2.68. The molecular formula is C4H11K2NO7P2. The number of hydrogen-bond donors (Lipinski definition) is 3. The van der Waals surface area contributed by atoms with Crippen molar-refractivity contribution in [2.75, 3.05) is 25.7 Å². The van der Waals surface area contributed by atoms with Crippen molar-refractivity contribution >= 4 is 15.2 Å². The molecule has 0 saturated heterocycles. The van der Waals surface area contributed by atoms with Crippen molar-refractivity contribution in [2.24, 2.45) is 0 Å². The van der Waals surface area contributed by atoms with Crippen LogP contribution in [-0.4, -0.2) is 45.5 Å². The molecule has 0 bridgehead atoms. The SMILES string of the molecule is O=P([O-])([O-])CN(CCO)CP(=O)(O)O.[K+].[K+]. The van der Waals surface area contributed by atoms with E-state index in [1.54, 1.807) is 0 Å². The van der Waals surface area contributed by atoms with Gasteiger partial charge in [-0.15, -0.1) is 0 Å². The van der Waals surface area contributed by atoms with Crippen LogP contribution in [-0.2, 0) is 9.13 Å². The third-order valence-corrected chi connectivity index (χ3v) is 2.69. The van der Waals surface area contributed by atoms with Crippen LogP contribution in [0.1, 0.15) is 0 Å². The van der Waals surface area contributed by atoms with Gasteiger partial charge in [0.25, 0.3) is 0 Å². The van der Waals surface area contributed by atoms with Crippen molar-refractivity contribution in [3.8, 4) is 0 Å². The second kappa shape index (κ2) is 11.2. The standard InChI is InChI=1S/C4H13NO7P2.2K/c6-2-1-5(3-13(7,8)9)4-14(10,11)12;;/h6H,1-4H2,(H2,7,8,9)(H2,10,11,12);;/q;2*+1/p-2. The number of nitrogens with zero attached hydrogens (tertiary/aromatic N) is 1. The maximum absolute atomic E-state index is 10.5. The first-order valence-electron chi connectivity index (χ1n) is 3.53. The minimum absolute atomic E-state index is 0. The van der Waals surface area contributed by atoms with E-state index in [2.05, 4.69) is 0 Å². The average Bonchev–Trinajstić information content (AvgIpc) is 1.78. The summed E-state index contributed by atoms with van der Waals surface area (Å²) >= 11 is 0. The van der Waals surface area contributed by atoms with E-state index in [1.807, 2.05) is 0 Å². The molecule has 0 spiro atoms. The fourth-order valence-electron chi connectivity index (χ4n) is 0.833. The first kappa shape index (κ1) is 24.5. The Kier molecular flexibility index (Phi) is 17.1. The molecule has 0 atom stereocenters. The minimum Gasteiger partial charge on any atom is -0.810 e. The Morgan fingerprint density at radius 3 is 1.75 bits per heavy atom. The predicted octanol–water partition coefficient (Wildman–Crippen LogP) is -8.70. The molecule has 86 valence electrons. The van der Waals surface area contributed by atoms with E-state index in [4.69, 9.17) is 14.9 Å². The van der Waals surface area contributed by atoms with E-state index >= 15 is 0 Å². The molecule has 0 radical (unpaired) electrons. The van der Waals surface area contributed by atoms with Gasteiger partial charge in [0.1, 0.15) is 6.29 Å². The molecule has 0 rings (SSSR count). The third kappa shape index (κ3) is 17.5. The van der Waals surface area contributed by atoms with Crippen molar-refractivity contribution < 1.29 is 137 Å². The van der Waals surface area contributed by atoms with Crippen molar-refractivity contribution in [3.63, 3.8) is 0 Å². The van der Waals surface area contributed by atoms with Crippen LogP contribution < -0.4 is 113 Å².